The van der Waals surface area contributed by atoms with Crippen molar-refractivity contribution >= 4 is 22.9 Å². The molecule has 21 heavy (non-hydrogen) atoms. The maximum Gasteiger partial charge on any atom is 0.422 e. The van der Waals surface area contributed by atoms with E-state index in [1.54, 1.807) is 0 Å². The largest absolute Gasteiger partial charge is 0.479 e. The molecular weight excluding hydrogens is 291 g/mol. The number of hydrogen-bond donors (Lipinski definition) is 3. The van der Waals surface area contributed by atoms with Gasteiger partial charge >= 0.3 is 12.1 Å². The minimum atomic E-state index is -5.13. The summed E-state index contributed by atoms with van der Waals surface area (Å²) >= 11 is 0. The number of halogens is 3. The van der Waals surface area contributed by atoms with Crippen LogP contribution in [0.4, 0.5) is 13.2 Å². The first-order valence-corrected chi connectivity index (χ1v) is 5.71. The van der Waals surface area contributed by atoms with Crippen molar-refractivity contribution in [3.63, 3.8) is 0 Å². The van der Waals surface area contributed by atoms with Gasteiger partial charge in [0.15, 0.2) is 0 Å². The number of H-pyrrole nitrogens is 1. The second-order valence-electron chi connectivity index (χ2n) is 4.52. The van der Waals surface area contributed by atoms with Crippen LogP contribution in [0.25, 0.3) is 11.0 Å². The first-order chi connectivity index (χ1) is 9.65. The highest BCUT2D eigenvalue weighted by Gasteiger charge is 2.58. The zero-order valence-corrected chi connectivity index (χ0v) is 10.7. The molecule has 6 nitrogen and oxygen atoms in total. The van der Waals surface area contributed by atoms with E-state index in [0.717, 1.165) is 0 Å². The van der Waals surface area contributed by atoms with Crippen LogP contribution in [-0.4, -0.2) is 38.7 Å². The number of aromatic amines is 1. The summed E-state index contributed by atoms with van der Waals surface area (Å²) < 4.78 is 38.5. The van der Waals surface area contributed by atoms with Crippen molar-refractivity contribution in [1.82, 2.24) is 15.3 Å². The van der Waals surface area contributed by atoms with Crippen molar-refractivity contribution in [2.24, 2.45) is 0 Å². The van der Waals surface area contributed by atoms with Crippen molar-refractivity contribution in [1.29, 1.82) is 0 Å². The third-order valence-electron chi connectivity index (χ3n) is 3.04. The molecule has 0 bridgehead atoms. The molecule has 1 heterocycles. The van der Waals surface area contributed by atoms with E-state index in [9.17, 15) is 22.8 Å². The lowest BCUT2D eigenvalue weighted by Crippen LogP contribution is -2.61. The van der Waals surface area contributed by atoms with E-state index in [2.05, 4.69) is 9.97 Å². The third kappa shape index (κ3) is 2.54. The number of carbonyl (C=O) groups excluding carboxylic acids is 1. The molecule has 1 aromatic heterocycles. The second kappa shape index (κ2) is 4.76. The van der Waals surface area contributed by atoms with E-state index in [0.29, 0.717) is 18.0 Å². The quantitative estimate of drug-likeness (QED) is 0.804. The van der Waals surface area contributed by atoms with Crippen molar-refractivity contribution in [2.45, 2.75) is 18.6 Å². The topological polar surface area (TPSA) is 95.1 Å². The first-order valence-electron chi connectivity index (χ1n) is 5.71. The fourth-order valence-corrected chi connectivity index (χ4v) is 1.62. The molecule has 1 aromatic carbocycles. The summed E-state index contributed by atoms with van der Waals surface area (Å²) in [4.78, 5) is 29.3. The number of nitrogens with zero attached hydrogens (tertiary/aromatic N) is 1. The van der Waals surface area contributed by atoms with Gasteiger partial charge in [0, 0.05) is 5.56 Å². The van der Waals surface area contributed by atoms with E-state index in [4.69, 9.17) is 5.11 Å². The summed E-state index contributed by atoms with van der Waals surface area (Å²) in [5.74, 6) is -3.33. The molecule has 1 unspecified atom stereocenters. The van der Waals surface area contributed by atoms with E-state index in [1.165, 1.54) is 29.8 Å². The number of amides is 1. The number of aromatic nitrogens is 2. The summed E-state index contributed by atoms with van der Waals surface area (Å²) in [5.41, 5.74) is -2.49. The van der Waals surface area contributed by atoms with Crippen LogP contribution in [0.3, 0.4) is 0 Å². The number of carboxylic acid groups (broad SMARTS) is 1. The van der Waals surface area contributed by atoms with Gasteiger partial charge in [-0.25, -0.2) is 9.78 Å². The molecule has 1 atom stereocenters. The fraction of sp³-hybridized carbons (Fsp3) is 0.250. The zero-order valence-electron chi connectivity index (χ0n) is 10.7. The Bertz CT molecular complexity index is 710. The van der Waals surface area contributed by atoms with Gasteiger partial charge in [0.05, 0.1) is 17.4 Å². The van der Waals surface area contributed by atoms with E-state index >= 15 is 0 Å². The number of aliphatic carboxylic acids is 1. The molecule has 0 aliphatic carbocycles. The average Bonchev–Trinajstić information content (AvgIpc) is 2.83. The number of benzene rings is 1. The van der Waals surface area contributed by atoms with Crippen molar-refractivity contribution < 1.29 is 27.9 Å². The van der Waals surface area contributed by atoms with Gasteiger partial charge in [-0.15, -0.1) is 0 Å². The second-order valence-corrected chi connectivity index (χ2v) is 4.52. The van der Waals surface area contributed by atoms with Crippen molar-refractivity contribution in [3.8, 4) is 0 Å². The number of carbonyl (C=O) groups is 2. The van der Waals surface area contributed by atoms with Gasteiger partial charge < -0.3 is 15.4 Å². The Morgan fingerprint density at radius 2 is 2.00 bits per heavy atom. The highest BCUT2D eigenvalue weighted by atomic mass is 19.4. The molecule has 0 aliphatic heterocycles. The number of alkyl halides is 3. The fourth-order valence-electron chi connectivity index (χ4n) is 1.62. The third-order valence-corrected chi connectivity index (χ3v) is 3.04. The molecule has 0 radical (unpaired) electrons. The van der Waals surface area contributed by atoms with Crippen LogP contribution >= 0.6 is 0 Å². The van der Waals surface area contributed by atoms with Gasteiger partial charge in [0.25, 0.3) is 5.91 Å². The summed E-state index contributed by atoms with van der Waals surface area (Å²) in [6, 6.07) is 3.99. The number of nitrogens with one attached hydrogen (secondary N) is 2. The smallest absolute Gasteiger partial charge is 0.422 e. The Morgan fingerprint density at radius 1 is 1.33 bits per heavy atom. The zero-order chi connectivity index (χ0) is 15.8. The summed E-state index contributed by atoms with van der Waals surface area (Å²) in [6.07, 6.45) is -3.77. The Labute approximate surface area is 116 Å². The van der Waals surface area contributed by atoms with Gasteiger partial charge in [0.1, 0.15) is 0 Å². The Morgan fingerprint density at radius 3 is 2.57 bits per heavy atom. The maximum absolute atomic E-state index is 12.8. The summed E-state index contributed by atoms with van der Waals surface area (Å²) in [5, 5.41) is 10.3. The molecule has 3 N–H and O–H groups in total. The Balaban J connectivity index is 2.33. The highest BCUT2D eigenvalue weighted by Crippen LogP contribution is 2.30. The van der Waals surface area contributed by atoms with Gasteiger partial charge in [-0.1, -0.05) is 0 Å². The van der Waals surface area contributed by atoms with Crippen LogP contribution in [0.5, 0.6) is 0 Å². The van der Waals surface area contributed by atoms with Crippen LogP contribution in [0.15, 0.2) is 24.5 Å². The SMILES string of the molecule is CC(NC(=O)c1ccc2nc[nH]c2c1)(C(=O)O)C(F)(F)F. The standard InChI is InChI=1S/C12H10F3N3O3/c1-11(10(20)21,12(13,14)15)18-9(19)6-2-3-7-8(4-6)17-5-16-7/h2-5H,1H3,(H,16,17)(H,18,19)(H,20,21). The predicted molar refractivity (Wildman–Crippen MR) is 65.7 cm³/mol. The molecule has 0 saturated carbocycles. The van der Waals surface area contributed by atoms with Gasteiger partial charge in [0.2, 0.25) is 5.54 Å². The normalized spacial score (nSPS) is 14.7. The first kappa shape index (κ1) is 14.8. The number of rotatable bonds is 3. The van der Waals surface area contributed by atoms with Crippen molar-refractivity contribution in [2.75, 3.05) is 0 Å². The van der Waals surface area contributed by atoms with Crippen LogP contribution in [-0.2, 0) is 4.79 Å². The lowest BCUT2D eigenvalue weighted by Gasteiger charge is -2.28. The molecule has 112 valence electrons. The average molecular weight is 301 g/mol. The minimum absolute atomic E-state index is 0.108. The predicted octanol–water partition coefficient (Wildman–Crippen LogP) is 1.70. The van der Waals surface area contributed by atoms with Crippen LogP contribution in [0.2, 0.25) is 0 Å². The summed E-state index contributed by atoms with van der Waals surface area (Å²) in [6.45, 7) is 0.391. The van der Waals surface area contributed by atoms with Crippen LogP contribution in [0, 0.1) is 0 Å². The van der Waals surface area contributed by atoms with Gasteiger partial charge in [-0.2, -0.15) is 13.2 Å². The number of hydrogen-bond acceptors (Lipinski definition) is 3. The lowest BCUT2D eigenvalue weighted by atomic mass is 10.0. The summed E-state index contributed by atoms with van der Waals surface area (Å²) in [7, 11) is 0. The van der Waals surface area contributed by atoms with E-state index in [-0.39, 0.29) is 5.56 Å². The van der Waals surface area contributed by atoms with Gasteiger partial charge in [-0.05, 0) is 25.1 Å². The number of imidazole rings is 1. The molecule has 0 spiro atoms. The molecule has 2 rings (SSSR count). The maximum atomic E-state index is 12.8. The number of fused-ring (bicyclic) bond motifs is 1. The van der Waals surface area contributed by atoms with Crippen molar-refractivity contribution in [3.05, 3.63) is 30.1 Å². The monoisotopic (exact) mass is 301 g/mol. The highest BCUT2D eigenvalue weighted by molar-refractivity contribution is 6.00. The molecule has 1 amide bonds. The molecule has 9 heteroatoms. The molecule has 0 saturated heterocycles. The van der Waals surface area contributed by atoms with Gasteiger partial charge in [-0.3, -0.25) is 4.79 Å². The van der Waals surface area contributed by atoms with Crippen LogP contribution in [0.1, 0.15) is 17.3 Å². The molecule has 0 fully saturated rings. The Hall–Kier alpha value is -2.58. The minimum Gasteiger partial charge on any atom is -0.479 e. The number of carboxylic acids is 1. The molecule has 0 aliphatic rings. The Kier molecular flexibility index (Phi) is 3.36. The van der Waals surface area contributed by atoms with Crippen LogP contribution < -0.4 is 5.32 Å². The lowest BCUT2D eigenvalue weighted by molar-refractivity contribution is -0.203. The molecular formula is C12H10F3N3O3. The van der Waals surface area contributed by atoms with E-state index in [1.807, 2.05) is 0 Å². The van der Waals surface area contributed by atoms with E-state index < -0.39 is 23.6 Å². The molecule has 2 aromatic rings.